The van der Waals surface area contributed by atoms with Crippen LogP contribution in [-0.4, -0.2) is 12.1 Å². The molecule has 0 radical (unpaired) electrons. The molecule has 0 fully saturated rings. The van der Waals surface area contributed by atoms with Gasteiger partial charge in [-0.05, 0) is 60.2 Å². The van der Waals surface area contributed by atoms with E-state index in [9.17, 15) is 4.79 Å². The van der Waals surface area contributed by atoms with Crippen molar-refractivity contribution in [3.63, 3.8) is 0 Å². The van der Waals surface area contributed by atoms with E-state index < -0.39 is 0 Å². The summed E-state index contributed by atoms with van der Waals surface area (Å²) in [6, 6.07) is 19.7. The quantitative estimate of drug-likeness (QED) is 0.344. The second kappa shape index (κ2) is 9.73. The Morgan fingerprint density at radius 2 is 1.86 bits per heavy atom. The summed E-state index contributed by atoms with van der Waals surface area (Å²) >= 11 is 15.4. The number of hydrogen-bond donors (Lipinski definition) is 1. The first-order chi connectivity index (χ1) is 13.5. The van der Waals surface area contributed by atoms with E-state index in [-0.39, 0.29) is 5.91 Å². The van der Waals surface area contributed by atoms with Crippen molar-refractivity contribution >= 4 is 51.3 Å². The minimum absolute atomic E-state index is 0.280. The van der Waals surface area contributed by atoms with Gasteiger partial charge < -0.3 is 4.74 Å². The third-order valence-electron chi connectivity index (χ3n) is 3.76. The zero-order valence-corrected chi connectivity index (χ0v) is 17.6. The lowest BCUT2D eigenvalue weighted by molar-refractivity contribution is 0.0955. The van der Waals surface area contributed by atoms with Gasteiger partial charge in [0.1, 0.15) is 12.4 Å². The van der Waals surface area contributed by atoms with Crippen molar-refractivity contribution in [3.05, 3.63) is 97.9 Å². The van der Waals surface area contributed by atoms with Crippen molar-refractivity contribution < 1.29 is 9.53 Å². The van der Waals surface area contributed by atoms with E-state index >= 15 is 0 Å². The summed E-state index contributed by atoms with van der Waals surface area (Å²) in [5.41, 5.74) is 4.70. The molecule has 28 heavy (non-hydrogen) atoms. The van der Waals surface area contributed by atoms with Crippen LogP contribution >= 0.6 is 39.1 Å². The van der Waals surface area contributed by atoms with Gasteiger partial charge in [0.2, 0.25) is 0 Å². The first-order valence-electron chi connectivity index (χ1n) is 8.27. The van der Waals surface area contributed by atoms with Gasteiger partial charge in [0.25, 0.3) is 5.91 Å². The minimum Gasteiger partial charge on any atom is -0.489 e. The number of halogens is 3. The Balaban J connectivity index is 1.53. The van der Waals surface area contributed by atoms with Crippen LogP contribution in [0.5, 0.6) is 5.75 Å². The van der Waals surface area contributed by atoms with E-state index in [1.54, 1.807) is 36.5 Å². The maximum Gasteiger partial charge on any atom is 0.271 e. The predicted octanol–water partition coefficient (Wildman–Crippen LogP) is 6.10. The summed E-state index contributed by atoms with van der Waals surface area (Å²) in [7, 11) is 0. The largest absolute Gasteiger partial charge is 0.489 e. The molecule has 0 unspecified atom stereocenters. The number of carbonyl (C=O) groups is 1. The third-order valence-corrected chi connectivity index (χ3v) is 4.84. The summed E-state index contributed by atoms with van der Waals surface area (Å²) in [5, 5.41) is 5.13. The van der Waals surface area contributed by atoms with Crippen LogP contribution in [0.15, 0.2) is 76.3 Å². The molecule has 1 N–H and O–H groups in total. The number of amides is 1. The van der Waals surface area contributed by atoms with Crippen LogP contribution in [0.4, 0.5) is 0 Å². The second-order valence-electron chi connectivity index (χ2n) is 5.80. The van der Waals surface area contributed by atoms with Gasteiger partial charge in [-0.25, -0.2) is 5.43 Å². The molecule has 3 rings (SSSR count). The van der Waals surface area contributed by atoms with Gasteiger partial charge in [0.15, 0.2) is 0 Å². The zero-order chi connectivity index (χ0) is 19.9. The lowest BCUT2D eigenvalue weighted by Gasteiger charge is -2.08. The lowest BCUT2D eigenvalue weighted by atomic mass is 10.2. The average Bonchev–Trinajstić information content (AvgIpc) is 2.68. The molecule has 0 saturated heterocycles. The van der Waals surface area contributed by atoms with Crippen LogP contribution in [0.2, 0.25) is 10.0 Å². The Bertz CT molecular complexity index is 1010. The molecule has 0 atom stereocenters. The smallest absolute Gasteiger partial charge is 0.271 e. The van der Waals surface area contributed by atoms with Crippen LogP contribution in [0.1, 0.15) is 21.5 Å². The van der Waals surface area contributed by atoms with Gasteiger partial charge in [-0.3, -0.25) is 4.79 Å². The monoisotopic (exact) mass is 476 g/mol. The normalized spacial score (nSPS) is 10.8. The van der Waals surface area contributed by atoms with Gasteiger partial charge in [-0.15, -0.1) is 0 Å². The molecule has 142 valence electrons. The highest BCUT2D eigenvalue weighted by molar-refractivity contribution is 9.10. The number of hydrazone groups is 1. The molecule has 3 aromatic carbocycles. The van der Waals surface area contributed by atoms with Crippen LogP contribution in [0.3, 0.4) is 0 Å². The molecule has 1 amide bonds. The Kier molecular flexibility index (Phi) is 7.09. The standard InChI is InChI=1S/C21H15BrCl2N2O2/c22-17-3-1-2-15(10-17)21(27)26-25-12-14-4-8-19(9-5-14)28-13-16-6-7-18(23)11-20(16)24/h1-12H,13H2,(H,26,27)/b25-12-. The van der Waals surface area contributed by atoms with Crippen LogP contribution in [-0.2, 0) is 6.61 Å². The fraction of sp³-hybridized carbons (Fsp3) is 0.0476. The topological polar surface area (TPSA) is 50.7 Å². The number of hydrogen-bond acceptors (Lipinski definition) is 3. The molecule has 0 spiro atoms. The Hall–Kier alpha value is -2.34. The second-order valence-corrected chi connectivity index (χ2v) is 7.56. The van der Waals surface area contributed by atoms with Crippen molar-refractivity contribution in [1.29, 1.82) is 0 Å². The molecule has 0 heterocycles. The number of ether oxygens (including phenoxy) is 1. The number of benzene rings is 3. The fourth-order valence-electron chi connectivity index (χ4n) is 2.31. The van der Waals surface area contributed by atoms with Crippen LogP contribution in [0.25, 0.3) is 0 Å². The molecule has 3 aromatic rings. The van der Waals surface area contributed by atoms with E-state index in [1.807, 2.05) is 36.4 Å². The fourth-order valence-corrected chi connectivity index (χ4v) is 3.17. The predicted molar refractivity (Wildman–Crippen MR) is 116 cm³/mol. The van der Waals surface area contributed by atoms with Gasteiger partial charge in [0.05, 0.1) is 6.21 Å². The number of rotatable bonds is 6. The highest BCUT2D eigenvalue weighted by atomic mass is 79.9. The Labute approximate surface area is 181 Å². The number of nitrogens with one attached hydrogen (secondary N) is 1. The summed E-state index contributed by atoms with van der Waals surface area (Å²) in [4.78, 5) is 12.0. The molecule has 4 nitrogen and oxygen atoms in total. The third kappa shape index (κ3) is 5.83. The van der Waals surface area contributed by atoms with E-state index in [0.717, 1.165) is 15.6 Å². The van der Waals surface area contributed by atoms with Gasteiger partial charge >= 0.3 is 0 Å². The van der Waals surface area contributed by atoms with Crippen molar-refractivity contribution in [2.75, 3.05) is 0 Å². The van der Waals surface area contributed by atoms with Gasteiger partial charge in [0, 0.05) is 25.6 Å². The van der Waals surface area contributed by atoms with E-state index in [4.69, 9.17) is 27.9 Å². The SMILES string of the molecule is O=C(N/N=C\c1ccc(OCc2ccc(Cl)cc2Cl)cc1)c1cccc(Br)c1. The Morgan fingerprint density at radius 3 is 2.57 bits per heavy atom. The Morgan fingerprint density at radius 1 is 1.07 bits per heavy atom. The maximum absolute atomic E-state index is 12.0. The van der Waals surface area contributed by atoms with Crippen LogP contribution in [0, 0.1) is 0 Å². The number of nitrogens with zero attached hydrogens (tertiary/aromatic N) is 1. The highest BCUT2D eigenvalue weighted by Gasteiger charge is 2.04. The molecule has 0 aromatic heterocycles. The summed E-state index contributed by atoms with van der Waals surface area (Å²) in [6.45, 7) is 0.339. The highest BCUT2D eigenvalue weighted by Crippen LogP contribution is 2.22. The molecule has 0 saturated carbocycles. The van der Waals surface area contributed by atoms with Gasteiger partial charge in [-0.1, -0.05) is 51.3 Å². The van der Waals surface area contributed by atoms with E-state index in [2.05, 4.69) is 26.5 Å². The first-order valence-corrected chi connectivity index (χ1v) is 9.82. The van der Waals surface area contributed by atoms with Crippen LogP contribution < -0.4 is 10.2 Å². The molecule has 0 aliphatic rings. The molecule has 0 aliphatic carbocycles. The molecule has 0 bridgehead atoms. The van der Waals surface area contributed by atoms with Crippen molar-refractivity contribution in [1.82, 2.24) is 5.43 Å². The zero-order valence-electron chi connectivity index (χ0n) is 14.5. The summed E-state index contributed by atoms with van der Waals surface area (Å²) in [6.07, 6.45) is 1.57. The maximum atomic E-state index is 12.0. The van der Waals surface area contributed by atoms with Crippen molar-refractivity contribution in [2.24, 2.45) is 5.10 Å². The van der Waals surface area contributed by atoms with E-state index in [0.29, 0.717) is 28.0 Å². The average molecular weight is 478 g/mol. The molecule has 0 aliphatic heterocycles. The first kappa shape index (κ1) is 20.4. The summed E-state index contributed by atoms with van der Waals surface area (Å²) < 4.78 is 6.57. The molecular formula is C21H15BrCl2N2O2. The van der Waals surface area contributed by atoms with Crippen molar-refractivity contribution in [2.45, 2.75) is 6.61 Å². The van der Waals surface area contributed by atoms with Crippen molar-refractivity contribution in [3.8, 4) is 5.75 Å². The minimum atomic E-state index is -0.280. The van der Waals surface area contributed by atoms with Gasteiger partial charge in [-0.2, -0.15) is 5.10 Å². The lowest BCUT2D eigenvalue weighted by Crippen LogP contribution is -2.17. The number of carbonyl (C=O) groups excluding carboxylic acids is 1. The molecular weight excluding hydrogens is 463 g/mol. The molecule has 7 heteroatoms. The van der Waals surface area contributed by atoms with E-state index in [1.165, 1.54) is 0 Å². The summed E-state index contributed by atoms with van der Waals surface area (Å²) in [5.74, 6) is 0.415.